The predicted octanol–water partition coefficient (Wildman–Crippen LogP) is 5.92. The van der Waals surface area contributed by atoms with Crippen molar-refractivity contribution in [2.75, 3.05) is 13.1 Å². The third-order valence-corrected chi connectivity index (χ3v) is 6.02. The topological polar surface area (TPSA) is 12.5 Å². The first-order valence-electron chi connectivity index (χ1n) is 10.2. The Morgan fingerprint density at radius 2 is 1.76 bits per heavy atom. The first kappa shape index (κ1) is 18.5. The second kappa shape index (κ2) is 8.40. The van der Waals surface area contributed by atoms with E-state index in [0.717, 1.165) is 17.7 Å². The minimum Gasteiger partial charge on any atom is -0.491 e. The van der Waals surface area contributed by atoms with Gasteiger partial charge in [0.1, 0.15) is 5.75 Å². The molecule has 1 aliphatic carbocycles. The van der Waals surface area contributed by atoms with E-state index in [4.69, 9.17) is 4.74 Å². The van der Waals surface area contributed by atoms with Crippen LogP contribution in [0.1, 0.15) is 71.8 Å². The molecule has 0 bridgehead atoms. The second-order valence-corrected chi connectivity index (χ2v) is 8.38. The largest absolute Gasteiger partial charge is 0.491 e. The van der Waals surface area contributed by atoms with Gasteiger partial charge in [0.2, 0.25) is 0 Å². The Morgan fingerprint density at radius 1 is 1.08 bits per heavy atom. The van der Waals surface area contributed by atoms with Gasteiger partial charge in [0.05, 0.1) is 6.10 Å². The number of allylic oxidation sites excluding steroid dienone is 1. The van der Waals surface area contributed by atoms with Crippen molar-refractivity contribution >= 4 is 5.57 Å². The summed E-state index contributed by atoms with van der Waals surface area (Å²) in [5, 5.41) is 0. The molecule has 2 fully saturated rings. The highest BCUT2D eigenvalue weighted by Gasteiger charge is 2.27. The van der Waals surface area contributed by atoms with E-state index < -0.39 is 0 Å². The molecule has 0 radical (unpaired) electrons. The molecule has 1 unspecified atom stereocenters. The number of benzene rings is 1. The van der Waals surface area contributed by atoms with Crippen molar-refractivity contribution in [2.45, 2.75) is 78.4 Å². The molecule has 2 heteroatoms. The second-order valence-electron chi connectivity index (χ2n) is 8.38. The third kappa shape index (κ3) is 4.88. The number of likely N-dealkylation sites (tertiary alicyclic amines) is 1. The smallest absolute Gasteiger partial charge is 0.119 e. The molecule has 0 aromatic heterocycles. The number of nitrogens with zero attached hydrogens (tertiary/aromatic N) is 1. The molecule has 2 nitrogen and oxygen atoms in total. The van der Waals surface area contributed by atoms with Gasteiger partial charge >= 0.3 is 0 Å². The third-order valence-electron chi connectivity index (χ3n) is 6.02. The van der Waals surface area contributed by atoms with Crippen LogP contribution in [0.15, 0.2) is 29.8 Å². The Balaban J connectivity index is 1.60. The Hall–Kier alpha value is -1.28. The van der Waals surface area contributed by atoms with Crippen LogP contribution in [0.2, 0.25) is 0 Å². The average molecular weight is 342 g/mol. The van der Waals surface area contributed by atoms with Crippen LogP contribution >= 0.6 is 0 Å². The van der Waals surface area contributed by atoms with E-state index in [-0.39, 0.29) is 6.10 Å². The van der Waals surface area contributed by atoms with Crippen molar-refractivity contribution in [1.82, 2.24) is 4.90 Å². The van der Waals surface area contributed by atoms with Crippen LogP contribution < -0.4 is 4.74 Å². The molecule has 1 heterocycles. The van der Waals surface area contributed by atoms with E-state index in [9.17, 15) is 0 Å². The number of hydrogen-bond donors (Lipinski definition) is 0. The molecule has 1 saturated carbocycles. The number of piperidine rings is 1. The van der Waals surface area contributed by atoms with E-state index >= 15 is 0 Å². The number of hydrogen-bond acceptors (Lipinski definition) is 2. The van der Waals surface area contributed by atoms with Gasteiger partial charge in [-0.1, -0.05) is 37.5 Å². The maximum absolute atomic E-state index is 5.76. The summed E-state index contributed by atoms with van der Waals surface area (Å²) in [6.45, 7) is 11.4. The van der Waals surface area contributed by atoms with Gasteiger partial charge in [0.25, 0.3) is 0 Å². The summed E-state index contributed by atoms with van der Waals surface area (Å²) < 4.78 is 5.76. The Kier molecular flexibility index (Phi) is 6.22. The van der Waals surface area contributed by atoms with Crippen LogP contribution in [0.4, 0.5) is 0 Å². The summed E-state index contributed by atoms with van der Waals surface area (Å²) in [6.07, 6.45) is 8.40. The van der Waals surface area contributed by atoms with Gasteiger partial charge in [0, 0.05) is 19.1 Å². The van der Waals surface area contributed by atoms with Gasteiger partial charge in [-0.3, -0.25) is 4.90 Å². The molecule has 0 amide bonds. The summed E-state index contributed by atoms with van der Waals surface area (Å²) >= 11 is 0. The Bertz CT molecular complexity index is 577. The van der Waals surface area contributed by atoms with Gasteiger partial charge in [-0.05, 0) is 75.6 Å². The van der Waals surface area contributed by atoms with Crippen molar-refractivity contribution in [1.29, 1.82) is 0 Å². The lowest BCUT2D eigenvalue weighted by atomic mass is 9.85. The average Bonchev–Trinajstić information content (AvgIpc) is 2.61. The van der Waals surface area contributed by atoms with Crippen LogP contribution in [0.5, 0.6) is 5.75 Å². The molecular weight excluding hydrogens is 306 g/mol. The Labute approximate surface area is 154 Å². The van der Waals surface area contributed by atoms with E-state index in [1.54, 1.807) is 5.57 Å². The van der Waals surface area contributed by atoms with E-state index in [1.165, 1.54) is 62.8 Å². The highest BCUT2D eigenvalue weighted by molar-refractivity contribution is 5.67. The molecule has 0 spiro atoms. The molecule has 3 rings (SSSR count). The van der Waals surface area contributed by atoms with E-state index in [0.29, 0.717) is 0 Å². The molecule has 1 aromatic rings. The summed E-state index contributed by atoms with van der Waals surface area (Å²) in [6, 6.07) is 9.50. The molecule has 1 aromatic carbocycles. The minimum absolute atomic E-state index is 0.233. The maximum atomic E-state index is 5.76. The number of ether oxygens (including phenoxy) is 1. The fourth-order valence-electron chi connectivity index (χ4n) is 4.53. The minimum atomic E-state index is 0.233. The van der Waals surface area contributed by atoms with E-state index in [1.807, 2.05) is 0 Å². The molecule has 2 atom stereocenters. The summed E-state index contributed by atoms with van der Waals surface area (Å²) in [5.41, 5.74) is 4.48. The lowest BCUT2D eigenvalue weighted by Gasteiger charge is -2.39. The van der Waals surface area contributed by atoms with Crippen molar-refractivity contribution in [3.8, 4) is 5.75 Å². The number of rotatable bonds is 4. The first-order chi connectivity index (χ1) is 12.0. The lowest BCUT2D eigenvalue weighted by molar-refractivity contribution is 0.126. The highest BCUT2D eigenvalue weighted by atomic mass is 16.5. The van der Waals surface area contributed by atoms with Crippen molar-refractivity contribution in [2.24, 2.45) is 5.92 Å². The van der Waals surface area contributed by atoms with Crippen LogP contribution in [0, 0.1) is 5.92 Å². The van der Waals surface area contributed by atoms with E-state index in [2.05, 4.69) is 56.9 Å². The zero-order chi connectivity index (χ0) is 17.8. The Morgan fingerprint density at radius 3 is 2.36 bits per heavy atom. The summed E-state index contributed by atoms with van der Waals surface area (Å²) in [4.78, 5) is 2.77. The highest BCUT2D eigenvalue weighted by Crippen LogP contribution is 2.32. The molecule has 1 aliphatic heterocycles. The van der Waals surface area contributed by atoms with Gasteiger partial charge < -0.3 is 4.74 Å². The van der Waals surface area contributed by atoms with Crippen LogP contribution in [-0.2, 0) is 0 Å². The molecule has 1 saturated heterocycles. The predicted molar refractivity (Wildman–Crippen MR) is 107 cm³/mol. The van der Waals surface area contributed by atoms with Crippen LogP contribution in [-0.4, -0.2) is 30.1 Å². The van der Waals surface area contributed by atoms with Gasteiger partial charge in [-0.25, -0.2) is 0 Å². The van der Waals surface area contributed by atoms with Crippen LogP contribution in [0.25, 0.3) is 5.57 Å². The van der Waals surface area contributed by atoms with Gasteiger partial charge in [-0.2, -0.15) is 0 Å². The molecular formula is C23H35NO. The maximum Gasteiger partial charge on any atom is 0.119 e. The molecule has 2 aliphatic rings. The lowest BCUT2D eigenvalue weighted by Crippen LogP contribution is -2.42. The van der Waals surface area contributed by atoms with Crippen molar-refractivity contribution in [3.63, 3.8) is 0 Å². The fraction of sp³-hybridized carbons (Fsp3) is 0.652. The zero-order valence-electron chi connectivity index (χ0n) is 16.6. The van der Waals surface area contributed by atoms with Gasteiger partial charge in [-0.15, -0.1) is 0 Å². The van der Waals surface area contributed by atoms with Crippen molar-refractivity contribution < 1.29 is 4.74 Å². The quantitative estimate of drug-likeness (QED) is 0.674. The molecule has 0 N–H and O–H groups in total. The van der Waals surface area contributed by atoms with Crippen LogP contribution in [0.3, 0.4) is 0 Å². The fourth-order valence-corrected chi connectivity index (χ4v) is 4.53. The summed E-state index contributed by atoms with van der Waals surface area (Å²) in [5.74, 6) is 1.89. The SMILES string of the molecule is CC(=C1CCN(C2CCC[C@@H](C)C2)CC1)c1ccc(OC(C)C)cc1. The monoisotopic (exact) mass is 341 g/mol. The summed E-state index contributed by atoms with van der Waals surface area (Å²) in [7, 11) is 0. The van der Waals surface area contributed by atoms with Crippen molar-refractivity contribution in [3.05, 3.63) is 35.4 Å². The van der Waals surface area contributed by atoms with Gasteiger partial charge in [0.15, 0.2) is 0 Å². The standard InChI is InChI=1S/C23H35NO/c1-17(2)25-23-10-8-20(9-11-23)19(4)21-12-14-24(15-13-21)22-7-5-6-18(3)16-22/h8-11,17-18,22H,5-7,12-16H2,1-4H3/t18-,22?/m1/s1. The normalized spacial score (nSPS) is 25.2. The molecule has 25 heavy (non-hydrogen) atoms. The zero-order valence-corrected chi connectivity index (χ0v) is 16.6. The molecule has 138 valence electrons. The first-order valence-corrected chi connectivity index (χ1v) is 10.2.